The van der Waals surface area contributed by atoms with Crippen molar-refractivity contribution >= 4 is 11.8 Å². The summed E-state index contributed by atoms with van der Waals surface area (Å²) in [6.07, 6.45) is 8.18. The van der Waals surface area contributed by atoms with Gasteiger partial charge in [-0.1, -0.05) is 13.3 Å². The average Bonchev–Trinajstić information content (AvgIpc) is 2.38. The number of anilines is 2. The maximum atomic E-state index is 5.69. The van der Waals surface area contributed by atoms with E-state index in [4.69, 9.17) is 5.73 Å². The number of nitrogens with zero attached hydrogens (tertiary/aromatic N) is 3. The minimum atomic E-state index is 0.545. The molecule has 4 nitrogen and oxygen atoms in total. The Hall–Kier alpha value is -1.32. The zero-order valence-corrected chi connectivity index (χ0v) is 10.8. The van der Waals surface area contributed by atoms with E-state index in [0.717, 1.165) is 11.9 Å². The third-order valence-corrected chi connectivity index (χ3v) is 3.92. The summed E-state index contributed by atoms with van der Waals surface area (Å²) in [5.74, 6) is 2.22. The molecule has 1 aliphatic carbocycles. The van der Waals surface area contributed by atoms with Gasteiger partial charge in [0.2, 0.25) is 5.95 Å². The van der Waals surface area contributed by atoms with Crippen LogP contribution in [0.3, 0.4) is 0 Å². The summed E-state index contributed by atoms with van der Waals surface area (Å²) in [6, 6.07) is 2.30. The minimum Gasteiger partial charge on any atom is -0.384 e. The second kappa shape index (κ2) is 5.34. The first-order valence-corrected chi connectivity index (χ1v) is 6.52. The van der Waals surface area contributed by atoms with E-state index in [1.165, 1.54) is 32.1 Å². The van der Waals surface area contributed by atoms with Gasteiger partial charge in [0.05, 0.1) is 0 Å². The first-order chi connectivity index (χ1) is 8.20. The van der Waals surface area contributed by atoms with Crippen LogP contribution in [-0.4, -0.2) is 23.1 Å². The molecule has 0 saturated heterocycles. The molecule has 1 saturated carbocycles. The van der Waals surface area contributed by atoms with Crippen LogP contribution in [0, 0.1) is 5.92 Å². The first-order valence-electron chi connectivity index (χ1n) is 6.52. The predicted octanol–water partition coefficient (Wildman–Crippen LogP) is 2.46. The molecule has 2 rings (SSSR count). The van der Waals surface area contributed by atoms with Crippen LogP contribution in [0.1, 0.15) is 39.0 Å². The van der Waals surface area contributed by atoms with Gasteiger partial charge in [-0.3, -0.25) is 0 Å². The molecule has 0 aliphatic heterocycles. The van der Waals surface area contributed by atoms with Crippen molar-refractivity contribution in [2.45, 2.75) is 45.1 Å². The second-order valence-corrected chi connectivity index (χ2v) is 4.98. The van der Waals surface area contributed by atoms with Crippen LogP contribution in [0.25, 0.3) is 0 Å². The fourth-order valence-electron chi connectivity index (χ4n) is 2.64. The van der Waals surface area contributed by atoms with Gasteiger partial charge in [0.1, 0.15) is 5.82 Å². The summed E-state index contributed by atoms with van der Waals surface area (Å²) in [4.78, 5) is 10.8. The van der Waals surface area contributed by atoms with Crippen LogP contribution in [0.15, 0.2) is 12.3 Å². The summed E-state index contributed by atoms with van der Waals surface area (Å²) in [7, 11) is 2.08. The number of nitrogen functional groups attached to an aromatic ring is 1. The molecule has 0 aromatic carbocycles. The van der Waals surface area contributed by atoms with Gasteiger partial charge in [-0.2, -0.15) is 4.98 Å². The van der Waals surface area contributed by atoms with E-state index in [-0.39, 0.29) is 0 Å². The van der Waals surface area contributed by atoms with Gasteiger partial charge in [0, 0.05) is 19.3 Å². The third-order valence-electron chi connectivity index (χ3n) is 3.92. The zero-order chi connectivity index (χ0) is 12.3. The standard InChI is InChI=1S/C13H22N4/c1-3-10-4-6-11(7-5-10)17(2)13-15-9-8-12(14)16-13/h8-11H,3-7H2,1-2H3,(H2,14,15,16). The van der Waals surface area contributed by atoms with Gasteiger partial charge >= 0.3 is 0 Å². The molecular formula is C13H22N4. The highest BCUT2D eigenvalue weighted by Gasteiger charge is 2.24. The summed E-state index contributed by atoms with van der Waals surface area (Å²) < 4.78 is 0. The van der Waals surface area contributed by atoms with E-state index in [2.05, 4.69) is 28.8 Å². The Morgan fingerprint density at radius 1 is 1.35 bits per heavy atom. The largest absolute Gasteiger partial charge is 0.384 e. The van der Waals surface area contributed by atoms with E-state index < -0.39 is 0 Å². The van der Waals surface area contributed by atoms with Gasteiger partial charge in [0.25, 0.3) is 0 Å². The number of rotatable bonds is 3. The Morgan fingerprint density at radius 2 is 2.06 bits per heavy atom. The van der Waals surface area contributed by atoms with Gasteiger partial charge in [-0.25, -0.2) is 4.98 Å². The summed E-state index contributed by atoms with van der Waals surface area (Å²) in [6.45, 7) is 2.29. The molecular weight excluding hydrogens is 212 g/mol. The lowest BCUT2D eigenvalue weighted by atomic mass is 9.84. The first kappa shape index (κ1) is 12.1. The molecule has 0 radical (unpaired) electrons. The Bertz CT molecular complexity index is 358. The van der Waals surface area contributed by atoms with Crippen molar-refractivity contribution in [1.29, 1.82) is 0 Å². The highest BCUT2D eigenvalue weighted by atomic mass is 15.3. The zero-order valence-electron chi connectivity index (χ0n) is 10.8. The van der Waals surface area contributed by atoms with Crippen molar-refractivity contribution in [3.63, 3.8) is 0 Å². The maximum Gasteiger partial charge on any atom is 0.227 e. The molecule has 0 spiro atoms. The van der Waals surface area contributed by atoms with Crippen LogP contribution < -0.4 is 10.6 Å². The molecule has 0 amide bonds. The van der Waals surface area contributed by atoms with Crippen molar-refractivity contribution in [1.82, 2.24) is 9.97 Å². The maximum absolute atomic E-state index is 5.69. The summed E-state index contributed by atoms with van der Waals surface area (Å²) in [5.41, 5.74) is 5.69. The minimum absolute atomic E-state index is 0.545. The summed E-state index contributed by atoms with van der Waals surface area (Å²) >= 11 is 0. The van der Waals surface area contributed by atoms with E-state index in [1.807, 2.05) is 0 Å². The number of hydrogen-bond donors (Lipinski definition) is 1. The normalized spacial score (nSPS) is 24.6. The molecule has 1 aliphatic rings. The van der Waals surface area contributed by atoms with Crippen LogP contribution >= 0.6 is 0 Å². The molecule has 0 atom stereocenters. The van der Waals surface area contributed by atoms with Gasteiger partial charge in [-0.05, 0) is 37.7 Å². The van der Waals surface area contributed by atoms with E-state index >= 15 is 0 Å². The molecule has 17 heavy (non-hydrogen) atoms. The SMILES string of the molecule is CCC1CCC(N(C)c2nccc(N)n2)CC1. The van der Waals surface area contributed by atoms with Gasteiger partial charge < -0.3 is 10.6 Å². The third kappa shape index (κ3) is 2.87. The van der Waals surface area contributed by atoms with E-state index in [0.29, 0.717) is 11.9 Å². The topological polar surface area (TPSA) is 55.0 Å². The highest BCUT2D eigenvalue weighted by molar-refractivity contribution is 5.37. The second-order valence-electron chi connectivity index (χ2n) is 4.98. The predicted molar refractivity (Wildman–Crippen MR) is 70.9 cm³/mol. The van der Waals surface area contributed by atoms with E-state index in [9.17, 15) is 0 Å². The smallest absolute Gasteiger partial charge is 0.227 e. The number of hydrogen-bond acceptors (Lipinski definition) is 4. The average molecular weight is 234 g/mol. The molecule has 0 bridgehead atoms. The number of nitrogens with two attached hydrogens (primary N) is 1. The van der Waals surface area contributed by atoms with Crippen molar-refractivity contribution in [2.75, 3.05) is 17.7 Å². The lowest BCUT2D eigenvalue weighted by Gasteiger charge is -2.34. The molecule has 94 valence electrons. The molecule has 1 aromatic heterocycles. The van der Waals surface area contributed by atoms with Crippen LogP contribution in [0.4, 0.5) is 11.8 Å². The Morgan fingerprint density at radius 3 is 2.65 bits per heavy atom. The molecule has 1 fully saturated rings. The Kier molecular flexibility index (Phi) is 3.82. The molecule has 4 heteroatoms. The van der Waals surface area contributed by atoms with Crippen LogP contribution in [-0.2, 0) is 0 Å². The van der Waals surface area contributed by atoms with Crippen molar-refractivity contribution < 1.29 is 0 Å². The monoisotopic (exact) mass is 234 g/mol. The molecule has 1 heterocycles. The van der Waals surface area contributed by atoms with Gasteiger partial charge in [0.15, 0.2) is 0 Å². The lowest BCUT2D eigenvalue weighted by molar-refractivity contribution is 0.312. The van der Waals surface area contributed by atoms with Gasteiger partial charge in [-0.15, -0.1) is 0 Å². The van der Waals surface area contributed by atoms with Crippen molar-refractivity contribution in [2.24, 2.45) is 5.92 Å². The van der Waals surface area contributed by atoms with Crippen molar-refractivity contribution in [3.05, 3.63) is 12.3 Å². The van der Waals surface area contributed by atoms with Crippen LogP contribution in [0.5, 0.6) is 0 Å². The van der Waals surface area contributed by atoms with E-state index in [1.54, 1.807) is 12.3 Å². The fourth-order valence-corrected chi connectivity index (χ4v) is 2.64. The van der Waals surface area contributed by atoms with Crippen LogP contribution in [0.2, 0.25) is 0 Å². The van der Waals surface area contributed by atoms with Crippen molar-refractivity contribution in [3.8, 4) is 0 Å². The quantitative estimate of drug-likeness (QED) is 0.873. The highest BCUT2D eigenvalue weighted by Crippen LogP contribution is 2.30. The molecule has 0 unspecified atom stereocenters. The fraction of sp³-hybridized carbons (Fsp3) is 0.692. The molecule has 1 aromatic rings. The number of aromatic nitrogens is 2. The molecule has 2 N–H and O–H groups in total. The lowest BCUT2D eigenvalue weighted by Crippen LogP contribution is -2.36. The summed E-state index contributed by atoms with van der Waals surface area (Å²) in [5, 5.41) is 0. The Balaban J connectivity index is 1.99. The Labute approximate surface area is 103 Å².